The number of aryl methyl sites for hydroxylation is 1. The van der Waals surface area contributed by atoms with Crippen LogP contribution in [-0.4, -0.2) is 33.7 Å². The van der Waals surface area contributed by atoms with Crippen molar-refractivity contribution < 1.29 is 22.3 Å². The number of hydrogen-bond donors (Lipinski definition) is 1. The average Bonchev–Trinajstić information content (AvgIpc) is 2.66. The molecule has 8 heteroatoms. The molecule has 0 aliphatic carbocycles. The first-order chi connectivity index (χ1) is 14.4. The third-order valence-corrected chi connectivity index (χ3v) is 6.46. The van der Waals surface area contributed by atoms with Crippen molar-refractivity contribution in [1.29, 1.82) is 0 Å². The van der Waals surface area contributed by atoms with Gasteiger partial charge in [-0.3, -0.25) is 9.10 Å². The van der Waals surface area contributed by atoms with E-state index >= 15 is 0 Å². The number of rotatable bonds is 8. The fourth-order valence-corrected chi connectivity index (χ4v) is 4.81. The van der Waals surface area contributed by atoms with E-state index in [-0.39, 0.29) is 17.6 Å². The first kappa shape index (κ1) is 24.7. The smallest absolute Gasteiger partial charge is 0.244 e. The van der Waals surface area contributed by atoms with Gasteiger partial charge in [-0.15, -0.1) is 0 Å². The molecule has 2 aromatic carbocycles. The lowest BCUT2D eigenvalue weighted by Crippen LogP contribution is -2.48. The number of methoxy groups -OCH3 is 1. The molecule has 0 saturated heterocycles. The summed E-state index contributed by atoms with van der Waals surface area (Å²) in [6.07, 6.45) is 0.994. The average molecular weight is 451 g/mol. The number of nitrogens with zero attached hydrogens (tertiary/aromatic N) is 1. The molecule has 2 aromatic rings. The van der Waals surface area contributed by atoms with Gasteiger partial charge >= 0.3 is 0 Å². The topological polar surface area (TPSA) is 75.7 Å². The van der Waals surface area contributed by atoms with Crippen LogP contribution in [-0.2, 0) is 14.8 Å². The number of amides is 1. The van der Waals surface area contributed by atoms with Gasteiger partial charge in [-0.25, -0.2) is 12.8 Å². The lowest BCUT2D eigenvalue weighted by Gasteiger charge is -2.29. The largest absolute Gasteiger partial charge is 0.496 e. The van der Waals surface area contributed by atoms with Crippen molar-refractivity contribution in [3.8, 4) is 5.75 Å². The Bertz CT molecular complexity index is 1050. The van der Waals surface area contributed by atoms with Crippen molar-refractivity contribution in [2.75, 3.05) is 17.7 Å². The van der Waals surface area contributed by atoms with E-state index in [0.717, 1.165) is 39.1 Å². The fourth-order valence-electron chi connectivity index (χ4n) is 3.64. The number of halogens is 1. The van der Waals surface area contributed by atoms with Crippen LogP contribution in [0.15, 0.2) is 36.4 Å². The standard InChI is InChI=1S/C23H31FN2O4S/c1-14(2)20-13-21(15(3)11-22(20)30-6)16(4)25-23(27)17(5)26(31(7,28)29)19-10-8-9-18(24)12-19/h8-14,16-17H,1-7H3,(H,25,27)/t16-,17+/m1/s1. The van der Waals surface area contributed by atoms with E-state index in [1.54, 1.807) is 7.11 Å². The second-order valence-corrected chi connectivity index (χ2v) is 9.91. The number of sulfonamides is 1. The molecule has 1 N–H and O–H groups in total. The zero-order chi connectivity index (χ0) is 23.5. The summed E-state index contributed by atoms with van der Waals surface area (Å²) >= 11 is 0. The summed E-state index contributed by atoms with van der Waals surface area (Å²) in [5.41, 5.74) is 2.99. The maximum atomic E-state index is 13.7. The van der Waals surface area contributed by atoms with E-state index in [2.05, 4.69) is 19.2 Å². The second kappa shape index (κ2) is 9.68. The second-order valence-electron chi connectivity index (χ2n) is 8.05. The maximum Gasteiger partial charge on any atom is 0.244 e. The van der Waals surface area contributed by atoms with Crippen molar-refractivity contribution in [1.82, 2.24) is 5.32 Å². The fraction of sp³-hybridized carbons (Fsp3) is 0.435. The Morgan fingerprint density at radius 2 is 1.74 bits per heavy atom. The summed E-state index contributed by atoms with van der Waals surface area (Å²) in [6, 6.07) is 7.69. The molecule has 0 aliphatic rings. The lowest BCUT2D eigenvalue weighted by molar-refractivity contribution is -0.122. The first-order valence-corrected chi connectivity index (χ1v) is 11.9. The Balaban J connectivity index is 2.33. The number of ether oxygens (including phenoxy) is 1. The Hall–Kier alpha value is -2.61. The summed E-state index contributed by atoms with van der Waals surface area (Å²) in [6.45, 7) is 9.38. The summed E-state index contributed by atoms with van der Waals surface area (Å²) < 4.78 is 44.9. The molecule has 0 fully saturated rings. The van der Waals surface area contributed by atoms with Crippen molar-refractivity contribution in [3.63, 3.8) is 0 Å². The highest BCUT2D eigenvalue weighted by molar-refractivity contribution is 7.92. The summed E-state index contributed by atoms with van der Waals surface area (Å²) in [4.78, 5) is 13.0. The van der Waals surface area contributed by atoms with Gasteiger partial charge in [0.2, 0.25) is 15.9 Å². The summed E-state index contributed by atoms with van der Waals surface area (Å²) in [7, 11) is -2.20. The summed E-state index contributed by atoms with van der Waals surface area (Å²) in [5, 5.41) is 2.90. The van der Waals surface area contributed by atoms with Gasteiger partial charge in [-0.05, 0) is 73.7 Å². The molecule has 0 heterocycles. The number of nitrogens with one attached hydrogen (secondary N) is 1. The van der Waals surface area contributed by atoms with Gasteiger partial charge in [-0.1, -0.05) is 19.9 Å². The van der Waals surface area contributed by atoms with Crippen LogP contribution in [0.1, 0.15) is 56.3 Å². The van der Waals surface area contributed by atoms with Gasteiger partial charge < -0.3 is 10.1 Å². The SMILES string of the molecule is COc1cc(C)c([C@@H](C)NC(=O)[C@H](C)N(c2cccc(F)c2)S(C)(=O)=O)cc1C(C)C. The Labute approximate surface area is 184 Å². The van der Waals surface area contributed by atoms with Gasteiger partial charge in [0.05, 0.1) is 25.1 Å². The van der Waals surface area contributed by atoms with Crippen LogP contribution < -0.4 is 14.4 Å². The third-order valence-electron chi connectivity index (χ3n) is 5.22. The van der Waals surface area contributed by atoms with E-state index in [1.807, 2.05) is 26.0 Å². The molecule has 0 radical (unpaired) electrons. The van der Waals surface area contributed by atoms with Crippen LogP contribution in [0, 0.1) is 12.7 Å². The van der Waals surface area contributed by atoms with Gasteiger partial charge in [0.25, 0.3) is 0 Å². The van der Waals surface area contributed by atoms with E-state index in [1.165, 1.54) is 25.1 Å². The zero-order valence-corrected chi connectivity index (χ0v) is 19.9. The van der Waals surface area contributed by atoms with Gasteiger partial charge in [-0.2, -0.15) is 0 Å². The molecule has 2 rings (SSSR count). The van der Waals surface area contributed by atoms with E-state index < -0.39 is 27.8 Å². The number of anilines is 1. The monoisotopic (exact) mass is 450 g/mol. The molecule has 0 aliphatic heterocycles. The van der Waals surface area contributed by atoms with E-state index in [0.29, 0.717) is 0 Å². The van der Waals surface area contributed by atoms with Crippen molar-refractivity contribution in [3.05, 3.63) is 58.9 Å². The van der Waals surface area contributed by atoms with Gasteiger partial charge in [0.15, 0.2) is 0 Å². The Morgan fingerprint density at radius 3 is 2.26 bits per heavy atom. The Kier molecular flexibility index (Phi) is 7.70. The molecule has 0 unspecified atom stereocenters. The molecule has 0 spiro atoms. The molecule has 2 atom stereocenters. The Morgan fingerprint density at radius 1 is 1.10 bits per heavy atom. The van der Waals surface area contributed by atoms with Crippen molar-refractivity contribution >= 4 is 21.6 Å². The normalized spacial score (nSPS) is 13.6. The van der Waals surface area contributed by atoms with Crippen molar-refractivity contribution in [2.24, 2.45) is 0 Å². The number of benzene rings is 2. The van der Waals surface area contributed by atoms with E-state index in [9.17, 15) is 17.6 Å². The lowest BCUT2D eigenvalue weighted by atomic mass is 9.93. The third kappa shape index (κ3) is 5.76. The number of hydrogen-bond acceptors (Lipinski definition) is 4. The van der Waals surface area contributed by atoms with Crippen molar-refractivity contribution in [2.45, 2.75) is 52.6 Å². The molecule has 170 valence electrons. The quantitative estimate of drug-likeness (QED) is 0.651. The van der Waals surface area contributed by atoms with Crippen LogP contribution in [0.25, 0.3) is 0 Å². The molecular weight excluding hydrogens is 419 g/mol. The molecule has 6 nitrogen and oxygen atoms in total. The molecule has 31 heavy (non-hydrogen) atoms. The number of carbonyl (C=O) groups is 1. The molecule has 1 amide bonds. The minimum atomic E-state index is -3.83. The first-order valence-electron chi connectivity index (χ1n) is 10.1. The minimum absolute atomic E-state index is 0.0977. The van der Waals surface area contributed by atoms with Crippen LogP contribution in [0.4, 0.5) is 10.1 Å². The highest BCUT2D eigenvalue weighted by Gasteiger charge is 2.30. The number of carbonyl (C=O) groups excluding carboxylic acids is 1. The van der Waals surface area contributed by atoms with Gasteiger partial charge in [0.1, 0.15) is 17.6 Å². The van der Waals surface area contributed by atoms with Gasteiger partial charge in [0, 0.05) is 0 Å². The van der Waals surface area contributed by atoms with Crippen LogP contribution in [0.5, 0.6) is 5.75 Å². The van der Waals surface area contributed by atoms with E-state index in [4.69, 9.17) is 4.74 Å². The predicted octanol–water partition coefficient (Wildman–Crippen LogP) is 4.30. The summed E-state index contributed by atoms with van der Waals surface area (Å²) in [5.74, 6) is -0.0481. The highest BCUT2D eigenvalue weighted by atomic mass is 32.2. The maximum absolute atomic E-state index is 13.7. The van der Waals surface area contributed by atoms with Crippen LogP contribution >= 0.6 is 0 Å². The van der Waals surface area contributed by atoms with Crippen LogP contribution in [0.2, 0.25) is 0 Å². The molecule has 0 saturated carbocycles. The highest BCUT2D eigenvalue weighted by Crippen LogP contribution is 2.32. The molecule has 0 bridgehead atoms. The predicted molar refractivity (Wildman–Crippen MR) is 122 cm³/mol. The minimum Gasteiger partial charge on any atom is -0.496 e. The molecular formula is C23H31FN2O4S. The zero-order valence-electron chi connectivity index (χ0n) is 19.1. The molecule has 0 aromatic heterocycles. The van der Waals surface area contributed by atoms with Crippen LogP contribution in [0.3, 0.4) is 0 Å².